The number of hydrogen-bond acceptors (Lipinski definition) is 7. The average Bonchev–Trinajstić information content (AvgIpc) is 3.38. The third-order valence-electron chi connectivity index (χ3n) is 5.71. The summed E-state index contributed by atoms with van der Waals surface area (Å²) in [6, 6.07) is 8.43. The minimum atomic E-state index is -4.60. The lowest BCUT2D eigenvalue weighted by molar-refractivity contribution is -0.138. The number of thioether (sulfide) groups is 1. The molecule has 4 amide bonds. The van der Waals surface area contributed by atoms with Crippen molar-refractivity contribution in [3.63, 3.8) is 0 Å². The van der Waals surface area contributed by atoms with Crippen molar-refractivity contribution >= 4 is 69.4 Å². The lowest BCUT2D eigenvalue weighted by atomic mass is 10.1. The van der Waals surface area contributed by atoms with Crippen molar-refractivity contribution in [3.05, 3.63) is 69.2 Å². The summed E-state index contributed by atoms with van der Waals surface area (Å²) in [5, 5.41) is 6.17. The number of halogens is 4. The highest BCUT2D eigenvalue weighted by molar-refractivity contribution is 8.18. The Kier molecular flexibility index (Phi) is 8.87. The number of alkyl halides is 3. The number of nitrogens with two attached hydrogens (primary N) is 1. The third kappa shape index (κ3) is 7.93. The predicted molar refractivity (Wildman–Crippen MR) is 154 cm³/mol. The monoisotopic (exact) mass is 636 g/mol. The van der Waals surface area contributed by atoms with Crippen molar-refractivity contribution < 1.29 is 37.1 Å². The van der Waals surface area contributed by atoms with E-state index >= 15 is 0 Å². The highest BCUT2D eigenvalue weighted by Crippen LogP contribution is 2.35. The summed E-state index contributed by atoms with van der Waals surface area (Å²) in [6.45, 7) is 4.01. The second-order valence-electron chi connectivity index (χ2n) is 10.2. The smallest absolute Gasteiger partial charge is 0.437 e. The molecule has 11 nitrogen and oxygen atoms in total. The molecule has 0 aliphatic carbocycles. The Morgan fingerprint density at radius 2 is 1.88 bits per heavy atom. The van der Waals surface area contributed by atoms with E-state index in [0.29, 0.717) is 33.1 Å². The zero-order chi connectivity index (χ0) is 31.7. The van der Waals surface area contributed by atoms with Crippen molar-refractivity contribution in [2.45, 2.75) is 39.1 Å². The first-order chi connectivity index (χ1) is 20.0. The summed E-state index contributed by atoms with van der Waals surface area (Å²) in [7, 11) is 0. The van der Waals surface area contributed by atoms with Crippen LogP contribution in [0.1, 0.15) is 37.5 Å². The number of benzene rings is 2. The molecule has 0 bridgehead atoms. The third-order valence-corrected chi connectivity index (χ3v) is 6.85. The SMILES string of the molecule is CC(C)(C)OC(=O)/N=C(\N)NC(=O)CN1C(=O)S/C(=C\c2ccc3c(cnn3Cc3ccc(Cl)cc3C(F)(F)F)c2)C1=O. The van der Waals surface area contributed by atoms with Crippen LogP contribution in [0.2, 0.25) is 5.02 Å². The van der Waals surface area contributed by atoms with E-state index in [9.17, 15) is 32.3 Å². The maximum absolute atomic E-state index is 13.5. The molecule has 3 N–H and O–H groups in total. The van der Waals surface area contributed by atoms with E-state index in [2.05, 4.69) is 15.4 Å². The fraction of sp³-hybridized carbons (Fsp3) is 0.259. The quantitative estimate of drug-likeness (QED) is 0.222. The molecule has 1 aromatic heterocycles. The van der Waals surface area contributed by atoms with Gasteiger partial charge in [0, 0.05) is 10.4 Å². The first kappa shape index (κ1) is 31.6. The van der Waals surface area contributed by atoms with Crippen LogP contribution in [0.15, 0.2) is 52.5 Å². The number of amides is 4. The summed E-state index contributed by atoms with van der Waals surface area (Å²) < 4.78 is 46.9. The number of carbonyl (C=O) groups excluding carboxylic acids is 4. The van der Waals surface area contributed by atoms with E-state index in [1.807, 2.05) is 0 Å². The highest BCUT2D eigenvalue weighted by Gasteiger charge is 2.37. The Morgan fingerprint density at radius 1 is 1.16 bits per heavy atom. The van der Waals surface area contributed by atoms with Gasteiger partial charge in [-0.2, -0.15) is 18.3 Å². The predicted octanol–water partition coefficient (Wildman–Crippen LogP) is 5.16. The van der Waals surface area contributed by atoms with Gasteiger partial charge in [-0.3, -0.25) is 29.3 Å². The van der Waals surface area contributed by atoms with Gasteiger partial charge in [0.25, 0.3) is 11.1 Å². The van der Waals surface area contributed by atoms with Gasteiger partial charge in [-0.25, -0.2) is 4.79 Å². The molecular formula is C27H24ClF3N6O5S. The zero-order valence-corrected chi connectivity index (χ0v) is 24.4. The van der Waals surface area contributed by atoms with Crippen molar-refractivity contribution in [1.82, 2.24) is 20.0 Å². The molecular weight excluding hydrogens is 613 g/mol. The van der Waals surface area contributed by atoms with Gasteiger partial charge in [0.2, 0.25) is 11.9 Å². The van der Waals surface area contributed by atoms with E-state index in [0.717, 1.165) is 6.07 Å². The van der Waals surface area contributed by atoms with Crippen LogP contribution in [0, 0.1) is 0 Å². The summed E-state index contributed by atoms with van der Waals surface area (Å²) >= 11 is 6.39. The van der Waals surface area contributed by atoms with Crippen LogP contribution in [0.5, 0.6) is 0 Å². The fourth-order valence-corrected chi connectivity index (χ4v) is 4.97. The van der Waals surface area contributed by atoms with E-state index in [1.54, 1.807) is 39.0 Å². The normalized spacial score (nSPS) is 15.5. The first-order valence-electron chi connectivity index (χ1n) is 12.4. The average molecular weight is 637 g/mol. The number of nitrogens with one attached hydrogen (secondary N) is 1. The van der Waals surface area contributed by atoms with Crippen LogP contribution in [-0.4, -0.2) is 55.9 Å². The van der Waals surface area contributed by atoms with E-state index in [4.69, 9.17) is 22.1 Å². The Labute approximate surface area is 251 Å². The minimum Gasteiger partial charge on any atom is -0.442 e. The summed E-state index contributed by atoms with van der Waals surface area (Å²) in [4.78, 5) is 53.5. The van der Waals surface area contributed by atoms with E-state index in [-0.39, 0.29) is 22.0 Å². The van der Waals surface area contributed by atoms with Crippen molar-refractivity contribution in [3.8, 4) is 0 Å². The minimum absolute atomic E-state index is 0.0124. The molecule has 4 rings (SSSR count). The number of aromatic nitrogens is 2. The van der Waals surface area contributed by atoms with Crippen molar-refractivity contribution in [1.29, 1.82) is 0 Å². The van der Waals surface area contributed by atoms with Gasteiger partial charge in [0.1, 0.15) is 12.1 Å². The Bertz CT molecular complexity index is 1700. The number of aliphatic imine (C=N–C) groups is 1. The zero-order valence-electron chi connectivity index (χ0n) is 22.9. The topological polar surface area (TPSA) is 149 Å². The van der Waals surface area contributed by atoms with E-state index in [1.165, 1.54) is 29.1 Å². The second-order valence-corrected chi connectivity index (χ2v) is 11.6. The number of guanidine groups is 1. The van der Waals surface area contributed by atoms with Gasteiger partial charge >= 0.3 is 12.3 Å². The Hall–Kier alpha value is -4.37. The molecule has 0 saturated carbocycles. The number of fused-ring (bicyclic) bond motifs is 1. The molecule has 1 aliphatic rings. The molecule has 16 heteroatoms. The van der Waals surface area contributed by atoms with E-state index < -0.39 is 53.0 Å². The maximum atomic E-state index is 13.5. The van der Waals surface area contributed by atoms with Gasteiger partial charge < -0.3 is 10.5 Å². The summed E-state index contributed by atoms with van der Waals surface area (Å²) in [6.07, 6.45) is -2.72. The Morgan fingerprint density at radius 3 is 2.56 bits per heavy atom. The molecule has 0 radical (unpaired) electrons. The molecule has 0 atom stereocenters. The molecule has 3 aromatic rings. The molecule has 1 aliphatic heterocycles. The molecule has 43 heavy (non-hydrogen) atoms. The van der Waals surface area contributed by atoms with Gasteiger partial charge in [-0.1, -0.05) is 23.7 Å². The number of rotatable bonds is 5. The summed E-state index contributed by atoms with van der Waals surface area (Å²) in [5.41, 5.74) is 4.89. The van der Waals surface area contributed by atoms with Gasteiger partial charge in [-0.05, 0) is 74.0 Å². The molecule has 1 saturated heterocycles. The van der Waals surface area contributed by atoms with Crippen LogP contribution < -0.4 is 11.1 Å². The fourth-order valence-electron chi connectivity index (χ4n) is 3.96. The number of imide groups is 1. The van der Waals surface area contributed by atoms with Crippen LogP contribution in [0.3, 0.4) is 0 Å². The lowest BCUT2D eigenvalue weighted by Crippen LogP contribution is -2.44. The molecule has 226 valence electrons. The van der Waals surface area contributed by atoms with Gasteiger partial charge in [0.05, 0.1) is 28.7 Å². The van der Waals surface area contributed by atoms with Crippen molar-refractivity contribution in [2.24, 2.45) is 10.7 Å². The van der Waals surface area contributed by atoms with Gasteiger partial charge in [-0.15, -0.1) is 4.99 Å². The lowest BCUT2D eigenvalue weighted by Gasteiger charge is -2.17. The number of nitrogens with zero attached hydrogens (tertiary/aromatic N) is 4. The van der Waals surface area contributed by atoms with Gasteiger partial charge in [0.15, 0.2) is 0 Å². The van der Waals surface area contributed by atoms with Crippen LogP contribution in [0.25, 0.3) is 17.0 Å². The van der Waals surface area contributed by atoms with Crippen molar-refractivity contribution in [2.75, 3.05) is 6.54 Å². The summed E-state index contributed by atoms with van der Waals surface area (Å²) in [5.74, 6) is -2.16. The molecule has 1 fully saturated rings. The molecule has 0 spiro atoms. The highest BCUT2D eigenvalue weighted by atomic mass is 35.5. The van der Waals surface area contributed by atoms with Crippen LogP contribution >= 0.6 is 23.4 Å². The maximum Gasteiger partial charge on any atom is 0.437 e. The molecule has 2 aromatic carbocycles. The number of carbonyl (C=O) groups is 4. The number of hydrogen-bond donors (Lipinski definition) is 2. The first-order valence-corrected chi connectivity index (χ1v) is 13.6. The standard InChI is InChI=1S/C27H24ClF3N6O5S/c1-26(2,3)42-24(40)35-23(32)34-21(38)13-36-22(39)20(43-25(36)41)9-14-4-7-19-16(8-14)11-33-37(19)12-15-5-6-17(28)10-18(15)27(29,30)31/h4-11H,12-13H2,1-3H3,(H3,32,34,35,38,40)/b20-9-. The molecule has 2 heterocycles. The van der Waals surface area contributed by atoms with Crippen LogP contribution in [0.4, 0.5) is 22.8 Å². The molecule has 0 unspecified atom stereocenters. The second kappa shape index (κ2) is 12.1. The largest absolute Gasteiger partial charge is 0.442 e. The Balaban J connectivity index is 1.46. The number of ether oxygens (including phenoxy) is 1. The van der Waals surface area contributed by atoms with Crippen LogP contribution in [-0.2, 0) is 27.0 Å².